The average molecular weight is 284 g/mol. The van der Waals surface area contributed by atoms with Crippen LogP contribution >= 0.6 is 0 Å². The van der Waals surface area contributed by atoms with Crippen molar-refractivity contribution in [2.45, 2.75) is 12.8 Å². The van der Waals surface area contributed by atoms with E-state index in [4.69, 9.17) is 0 Å². The number of rotatable bonds is 3. The fraction of sp³-hybridized carbons (Fsp3) is 0.235. The summed E-state index contributed by atoms with van der Waals surface area (Å²) >= 11 is 0. The zero-order valence-electron chi connectivity index (χ0n) is 11.9. The van der Waals surface area contributed by atoms with E-state index in [1.165, 1.54) is 23.4 Å². The standard InChI is InChI=1S/C17H17FN2O/c1-20-9-8-13-4-7-15(11-16(13)20)19-17(21)10-12-2-5-14(18)6-3-12/h2-7,11H,8-10H2,1H3,(H,19,21). The van der Waals surface area contributed by atoms with Crippen molar-refractivity contribution >= 4 is 17.3 Å². The Morgan fingerprint density at radius 3 is 2.76 bits per heavy atom. The monoisotopic (exact) mass is 284 g/mol. The van der Waals surface area contributed by atoms with E-state index in [9.17, 15) is 9.18 Å². The number of hydrogen-bond donors (Lipinski definition) is 1. The Bertz CT molecular complexity index is 667. The second-order valence-electron chi connectivity index (χ2n) is 5.37. The number of carbonyl (C=O) groups is 1. The maximum atomic E-state index is 12.8. The molecule has 108 valence electrons. The lowest BCUT2D eigenvalue weighted by Crippen LogP contribution is -2.15. The van der Waals surface area contributed by atoms with Crippen molar-refractivity contribution in [3.8, 4) is 0 Å². The average Bonchev–Trinajstić information content (AvgIpc) is 2.83. The first-order chi connectivity index (χ1) is 10.1. The lowest BCUT2D eigenvalue weighted by molar-refractivity contribution is -0.115. The molecule has 1 N–H and O–H groups in total. The molecule has 1 amide bonds. The smallest absolute Gasteiger partial charge is 0.228 e. The Kier molecular flexibility index (Phi) is 3.60. The highest BCUT2D eigenvalue weighted by Gasteiger charge is 2.16. The van der Waals surface area contributed by atoms with Crippen molar-refractivity contribution in [3.05, 3.63) is 59.4 Å². The van der Waals surface area contributed by atoms with Gasteiger partial charge in [0.15, 0.2) is 0 Å². The minimum absolute atomic E-state index is 0.0952. The first-order valence-corrected chi connectivity index (χ1v) is 7.00. The summed E-state index contributed by atoms with van der Waals surface area (Å²) in [6.45, 7) is 1.02. The summed E-state index contributed by atoms with van der Waals surface area (Å²) < 4.78 is 12.8. The van der Waals surface area contributed by atoms with Gasteiger partial charge in [-0.15, -0.1) is 0 Å². The number of benzene rings is 2. The van der Waals surface area contributed by atoms with Crippen LogP contribution in [0.3, 0.4) is 0 Å². The summed E-state index contributed by atoms with van der Waals surface area (Å²) in [5.74, 6) is -0.386. The van der Waals surface area contributed by atoms with Gasteiger partial charge in [-0.05, 0) is 41.8 Å². The van der Waals surface area contributed by atoms with Gasteiger partial charge >= 0.3 is 0 Å². The van der Waals surface area contributed by atoms with Gasteiger partial charge in [-0.2, -0.15) is 0 Å². The molecule has 3 nitrogen and oxygen atoms in total. The van der Waals surface area contributed by atoms with Crippen LogP contribution in [0.4, 0.5) is 15.8 Å². The van der Waals surface area contributed by atoms with Crippen molar-refractivity contribution in [1.82, 2.24) is 0 Å². The van der Waals surface area contributed by atoms with Gasteiger partial charge < -0.3 is 10.2 Å². The third-order valence-corrected chi connectivity index (χ3v) is 3.77. The number of anilines is 2. The normalized spacial score (nSPS) is 13.1. The summed E-state index contributed by atoms with van der Waals surface area (Å²) in [5.41, 5.74) is 4.09. The highest BCUT2D eigenvalue weighted by atomic mass is 19.1. The van der Waals surface area contributed by atoms with E-state index in [2.05, 4.69) is 23.3 Å². The second kappa shape index (κ2) is 5.56. The predicted molar refractivity (Wildman–Crippen MR) is 82.1 cm³/mol. The van der Waals surface area contributed by atoms with Gasteiger partial charge in [-0.1, -0.05) is 18.2 Å². The maximum Gasteiger partial charge on any atom is 0.228 e. The summed E-state index contributed by atoms with van der Waals surface area (Å²) in [7, 11) is 2.05. The fourth-order valence-electron chi connectivity index (χ4n) is 2.61. The van der Waals surface area contributed by atoms with E-state index >= 15 is 0 Å². The Morgan fingerprint density at radius 1 is 1.24 bits per heavy atom. The SMILES string of the molecule is CN1CCc2ccc(NC(=O)Cc3ccc(F)cc3)cc21. The first kappa shape index (κ1) is 13.6. The molecule has 0 aromatic heterocycles. The highest BCUT2D eigenvalue weighted by Crippen LogP contribution is 2.29. The first-order valence-electron chi connectivity index (χ1n) is 7.00. The van der Waals surface area contributed by atoms with Gasteiger partial charge in [0.05, 0.1) is 6.42 Å². The van der Waals surface area contributed by atoms with E-state index in [0.717, 1.165) is 24.2 Å². The molecule has 3 rings (SSSR count). The van der Waals surface area contributed by atoms with Gasteiger partial charge in [0.25, 0.3) is 0 Å². The fourth-order valence-corrected chi connectivity index (χ4v) is 2.61. The molecule has 2 aromatic rings. The van der Waals surface area contributed by atoms with Crippen molar-refractivity contribution < 1.29 is 9.18 Å². The molecule has 0 fully saturated rings. The molecule has 0 saturated carbocycles. The number of likely N-dealkylation sites (N-methyl/N-ethyl adjacent to an activating group) is 1. The van der Waals surface area contributed by atoms with E-state index in [1.807, 2.05) is 12.1 Å². The molecule has 1 aliphatic rings. The highest BCUT2D eigenvalue weighted by molar-refractivity contribution is 5.93. The zero-order valence-corrected chi connectivity index (χ0v) is 11.9. The minimum atomic E-state index is -0.291. The third-order valence-electron chi connectivity index (χ3n) is 3.77. The molecule has 1 aliphatic heterocycles. The molecular formula is C17H17FN2O. The van der Waals surface area contributed by atoms with E-state index in [1.54, 1.807) is 12.1 Å². The van der Waals surface area contributed by atoms with Crippen LogP contribution in [0.15, 0.2) is 42.5 Å². The van der Waals surface area contributed by atoms with Gasteiger partial charge in [0.1, 0.15) is 5.82 Å². The van der Waals surface area contributed by atoms with Crippen LogP contribution in [0, 0.1) is 5.82 Å². The van der Waals surface area contributed by atoms with E-state index in [0.29, 0.717) is 0 Å². The molecule has 0 spiro atoms. The topological polar surface area (TPSA) is 32.3 Å². The van der Waals surface area contributed by atoms with Crippen LogP contribution in [0.25, 0.3) is 0 Å². The Labute approximate surface area is 123 Å². The molecule has 0 saturated heterocycles. The van der Waals surface area contributed by atoms with Crippen molar-refractivity contribution in [1.29, 1.82) is 0 Å². The lowest BCUT2D eigenvalue weighted by atomic mass is 10.1. The molecular weight excluding hydrogens is 267 g/mol. The lowest BCUT2D eigenvalue weighted by Gasteiger charge is -2.13. The van der Waals surface area contributed by atoms with Gasteiger partial charge in [0.2, 0.25) is 5.91 Å². The number of fused-ring (bicyclic) bond motifs is 1. The van der Waals surface area contributed by atoms with Crippen LogP contribution in [-0.4, -0.2) is 19.5 Å². The van der Waals surface area contributed by atoms with Crippen LogP contribution < -0.4 is 10.2 Å². The molecule has 2 aromatic carbocycles. The van der Waals surface area contributed by atoms with Crippen molar-refractivity contribution in [2.24, 2.45) is 0 Å². The number of carbonyl (C=O) groups excluding carboxylic acids is 1. The van der Waals surface area contributed by atoms with Crippen molar-refractivity contribution in [2.75, 3.05) is 23.8 Å². The van der Waals surface area contributed by atoms with Gasteiger partial charge in [-0.25, -0.2) is 4.39 Å². The maximum absolute atomic E-state index is 12.8. The number of nitrogens with one attached hydrogen (secondary N) is 1. The van der Waals surface area contributed by atoms with Gasteiger partial charge in [0, 0.05) is 25.0 Å². The van der Waals surface area contributed by atoms with Crippen LogP contribution in [0.1, 0.15) is 11.1 Å². The third kappa shape index (κ3) is 3.05. The molecule has 21 heavy (non-hydrogen) atoms. The number of amides is 1. The second-order valence-corrected chi connectivity index (χ2v) is 5.37. The predicted octanol–water partition coefficient (Wildman–Crippen LogP) is 3.00. The molecule has 0 radical (unpaired) electrons. The Morgan fingerprint density at radius 2 is 2.00 bits per heavy atom. The molecule has 4 heteroatoms. The Balaban J connectivity index is 1.68. The molecule has 1 heterocycles. The van der Waals surface area contributed by atoms with Crippen LogP contribution in [0.5, 0.6) is 0 Å². The molecule has 0 atom stereocenters. The summed E-state index contributed by atoms with van der Waals surface area (Å²) in [6.07, 6.45) is 1.29. The van der Waals surface area contributed by atoms with Gasteiger partial charge in [-0.3, -0.25) is 4.79 Å². The minimum Gasteiger partial charge on any atom is -0.374 e. The quantitative estimate of drug-likeness (QED) is 0.939. The van der Waals surface area contributed by atoms with Crippen LogP contribution in [-0.2, 0) is 17.6 Å². The largest absolute Gasteiger partial charge is 0.374 e. The Hall–Kier alpha value is -2.36. The summed E-state index contributed by atoms with van der Waals surface area (Å²) in [4.78, 5) is 14.2. The number of nitrogens with zero attached hydrogens (tertiary/aromatic N) is 1. The van der Waals surface area contributed by atoms with E-state index in [-0.39, 0.29) is 18.1 Å². The zero-order chi connectivity index (χ0) is 14.8. The molecule has 0 unspecified atom stereocenters. The summed E-state index contributed by atoms with van der Waals surface area (Å²) in [6, 6.07) is 12.0. The molecule has 0 aliphatic carbocycles. The number of halogens is 1. The van der Waals surface area contributed by atoms with E-state index < -0.39 is 0 Å². The van der Waals surface area contributed by atoms with Crippen molar-refractivity contribution in [3.63, 3.8) is 0 Å². The number of hydrogen-bond acceptors (Lipinski definition) is 2. The summed E-state index contributed by atoms with van der Waals surface area (Å²) in [5, 5.41) is 2.90. The molecule has 0 bridgehead atoms. The van der Waals surface area contributed by atoms with Crippen LogP contribution in [0.2, 0.25) is 0 Å².